The lowest BCUT2D eigenvalue weighted by Crippen LogP contribution is -2.20. The molecule has 1 atom stereocenters. The standard InChI is InChI=1S/C15H24NOP/c1-8-14(17)11(3)9-10(2)12(4)16-13(5)15(6,7)18/h8-9,17H,1,4,18H2,2-3,5-7H3/b10-9+,14-11+,16-13?. The predicted octanol–water partition coefficient (Wildman–Crippen LogP) is 4.58. The van der Waals surface area contributed by atoms with Gasteiger partial charge in [-0.1, -0.05) is 33.1 Å². The average Bonchev–Trinajstić information content (AvgIpc) is 2.26. The second-order valence-electron chi connectivity index (χ2n) is 4.97. The van der Waals surface area contributed by atoms with Gasteiger partial charge in [-0.05, 0) is 38.0 Å². The number of rotatable bonds is 5. The van der Waals surface area contributed by atoms with Crippen molar-refractivity contribution in [3.63, 3.8) is 0 Å². The summed E-state index contributed by atoms with van der Waals surface area (Å²) in [4.78, 5) is 4.49. The molecule has 0 aliphatic rings. The first-order valence-electron chi connectivity index (χ1n) is 5.84. The van der Waals surface area contributed by atoms with E-state index in [0.717, 1.165) is 16.9 Å². The summed E-state index contributed by atoms with van der Waals surface area (Å²) in [6.45, 7) is 17.4. The lowest BCUT2D eigenvalue weighted by atomic mass is 10.1. The van der Waals surface area contributed by atoms with E-state index in [0.29, 0.717) is 5.70 Å². The van der Waals surface area contributed by atoms with E-state index in [1.807, 2.05) is 26.8 Å². The van der Waals surface area contributed by atoms with Crippen LogP contribution in [0.3, 0.4) is 0 Å². The van der Waals surface area contributed by atoms with E-state index < -0.39 is 0 Å². The zero-order chi connectivity index (χ0) is 14.5. The van der Waals surface area contributed by atoms with Gasteiger partial charge in [0.05, 0.1) is 5.70 Å². The highest BCUT2D eigenvalue weighted by molar-refractivity contribution is 7.21. The molecule has 0 saturated heterocycles. The van der Waals surface area contributed by atoms with E-state index in [9.17, 15) is 5.11 Å². The second-order valence-corrected chi connectivity index (χ2v) is 6.41. The van der Waals surface area contributed by atoms with Crippen LogP contribution in [-0.4, -0.2) is 16.0 Å². The van der Waals surface area contributed by atoms with Crippen molar-refractivity contribution in [1.82, 2.24) is 0 Å². The minimum Gasteiger partial charge on any atom is -0.508 e. The number of allylic oxidation sites excluding steroid dienone is 4. The summed E-state index contributed by atoms with van der Waals surface area (Å²) in [5.41, 5.74) is 3.38. The predicted molar refractivity (Wildman–Crippen MR) is 85.3 cm³/mol. The summed E-state index contributed by atoms with van der Waals surface area (Å²) in [5.74, 6) is 0.175. The van der Waals surface area contributed by atoms with Crippen molar-refractivity contribution in [3.8, 4) is 0 Å². The topological polar surface area (TPSA) is 32.6 Å². The van der Waals surface area contributed by atoms with Crippen molar-refractivity contribution < 1.29 is 5.11 Å². The van der Waals surface area contributed by atoms with Gasteiger partial charge in [-0.2, -0.15) is 0 Å². The largest absolute Gasteiger partial charge is 0.508 e. The van der Waals surface area contributed by atoms with Crippen LogP contribution in [0.5, 0.6) is 0 Å². The summed E-state index contributed by atoms with van der Waals surface area (Å²) in [6, 6.07) is 0. The zero-order valence-corrected chi connectivity index (χ0v) is 13.2. The maximum absolute atomic E-state index is 9.52. The van der Waals surface area contributed by atoms with Crippen molar-refractivity contribution in [2.45, 2.75) is 39.8 Å². The number of nitrogens with zero attached hydrogens (tertiary/aromatic N) is 1. The molecule has 0 aromatic heterocycles. The van der Waals surface area contributed by atoms with Crippen molar-refractivity contribution in [3.05, 3.63) is 47.9 Å². The molecule has 0 aliphatic heterocycles. The fourth-order valence-electron chi connectivity index (χ4n) is 1.08. The average molecular weight is 265 g/mol. The fraction of sp³-hybridized carbons (Fsp3) is 0.400. The normalized spacial score (nSPS) is 15.2. The Morgan fingerprint density at radius 1 is 1.28 bits per heavy atom. The molecule has 0 fully saturated rings. The molecule has 0 radical (unpaired) electrons. The molecular weight excluding hydrogens is 241 g/mol. The third kappa shape index (κ3) is 5.46. The number of hydrogen-bond donors (Lipinski definition) is 1. The van der Waals surface area contributed by atoms with Crippen molar-refractivity contribution in [2.75, 3.05) is 0 Å². The van der Waals surface area contributed by atoms with E-state index >= 15 is 0 Å². The first-order valence-corrected chi connectivity index (χ1v) is 6.41. The molecule has 0 aromatic rings. The Morgan fingerprint density at radius 3 is 2.17 bits per heavy atom. The molecule has 100 valence electrons. The van der Waals surface area contributed by atoms with Gasteiger partial charge in [0, 0.05) is 10.9 Å². The van der Waals surface area contributed by atoms with E-state index in [1.54, 1.807) is 0 Å². The van der Waals surface area contributed by atoms with Gasteiger partial charge in [0.15, 0.2) is 0 Å². The molecule has 3 heteroatoms. The lowest BCUT2D eigenvalue weighted by Gasteiger charge is -2.18. The molecule has 0 rings (SSSR count). The Labute approximate surface area is 113 Å². The summed E-state index contributed by atoms with van der Waals surface area (Å²) >= 11 is 0. The highest BCUT2D eigenvalue weighted by Gasteiger charge is 2.14. The van der Waals surface area contributed by atoms with Gasteiger partial charge >= 0.3 is 0 Å². The molecule has 0 aliphatic carbocycles. The highest BCUT2D eigenvalue weighted by atomic mass is 31.0. The molecule has 0 aromatic carbocycles. The van der Waals surface area contributed by atoms with Crippen LogP contribution in [0.2, 0.25) is 0 Å². The number of aliphatic hydroxyl groups is 1. The number of hydrogen-bond acceptors (Lipinski definition) is 2. The molecule has 1 unspecified atom stereocenters. The minimum atomic E-state index is -0.0443. The third-order valence-corrected chi connectivity index (χ3v) is 3.14. The van der Waals surface area contributed by atoms with Crippen LogP contribution in [0.4, 0.5) is 0 Å². The molecule has 0 heterocycles. The van der Waals surface area contributed by atoms with Crippen LogP contribution in [0.1, 0.15) is 34.6 Å². The Bertz CT molecular complexity index is 434. The van der Waals surface area contributed by atoms with Gasteiger partial charge in [-0.3, -0.25) is 4.99 Å². The van der Waals surface area contributed by atoms with Crippen LogP contribution >= 0.6 is 9.24 Å². The van der Waals surface area contributed by atoms with Crippen LogP contribution in [0.15, 0.2) is 52.9 Å². The Morgan fingerprint density at radius 2 is 1.78 bits per heavy atom. The van der Waals surface area contributed by atoms with E-state index in [2.05, 4.69) is 41.2 Å². The number of aliphatic imine (C=N–C) groups is 1. The Kier molecular flexibility index (Phi) is 6.28. The molecule has 18 heavy (non-hydrogen) atoms. The van der Waals surface area contributed by atoms with Gasteiger partial charge in [0.25, 0.3) is 0 Å². The highest BCUT2D eigenvalue weighted by Crippen LogP contribution is 2.21. The number of aliphatic hydroxyl groups excluding tert-OH is 1. The van der Waals surface area contributed by atoms with Crippen LogP contribution < -0.4 is 0 Å². The van der Waals surface area contributed by atoms with Crippen molar-refractivity contribution in [2.24, 2.45) is 4.99 Å². The van der Waals surface area contributed by atoms with Gasteiger partial charge in [0.1, 0.15) is 5.76 Å². The molecule has 0 amide bonds. The van der Waals surface area contributed by atoms with Crippen LogP contribution in [0.25, 0.3) is 0 Å². The molecule has 0 bridgehead atoms. The summed E-state index contributed by atoms with van der Waals surface area (Å²) in [6.07, 6.45) is 3.27. The smallest absolute Gasteiger partial charge is 0.117 e. The first-order chi connectivity index (χ1) is 8.09. The maximum Gasteiger partial charge on any atom is 0.117 e. The monoisotopic (exact) mass is 265 g/mol. The summed E-state index contributed by atoms with van der Waals surface area (Å²) < 4.78 is 0. The van der Waals surface area contributed by atoms with Gasteiger partial charge in [-0.15, -0.1) is 9.24 Å². The molecule has 0 saturated carbocycles. The third-order valence-electron chi connectivity index (χ3n) is 2.72. The van der Waals surface area contributed by atoms with E-state index in [1.165, 1.54) is 6.08 Å². The van der Waals surface area contributed by atoms with Gasteiger partial charge in [0.2, 0.25) is 0 Å². The molecule has 0 spiro atoms. The summed E-state index contributed by atoms with van der Waals surface area (Å²) in [7, 11) is 2.76. The SMILES string of the molecule is C=C/C(O)=C(C)\C=C(/C)C(=C)N=C(C)C(C)(C)P. The minimum absolute atomic E-state index is 0.0443. The zero-order valence-electron chi connectivity index (χ0n) is 12.0. The Hall–Kier alpha value is -1.14. The van der Waals surface area contributed by atoms with Crippen molar-refractivity contribution in [1.29, 1.82) is 0 Å². The Balaban J connectivity index is 5.16. The lowest BCUT2D eigenvalue weighted by molar-refractivity contribution is 0.428. The first kappa shape index (κ1) is 16.9. The maximum atomic E-state index is 9.52. The van der Waals surface area contributed by atoms with Crippen LogP contribution in [0, 0.1) is 0 Å². The molecule has 2 nitrogen and oxygen atoms in total. The summed E-state index contributed by atoms with van der Waals surface area (Å²) in [5, 5.41) is 9.47. The molecule has 1 N–H and O–H groups in total. The van der Waals surface area contributed by atoms with Gasteiger partial charge in [-0.25, -0.2) is 0 Å². The van der Waals surface area contributed by atoms with Crippen LogP contribution in [-0.2, 0) is 0 Å². The molecular formula is C15H24NOP. The fourth-order valence-corrected chi connectivity index (χ4v) is 1.14. The van der Waals surface area contributed by atoms with E-state index in [-0.39, 0.29) is 10.9 Å². The second kappa shape index (κ2) is 6.70. The van der Waals surface area contributed by atoms with Crippen molar-refractivity contribution >= 4 is 15.0 Å². The quantitative estimate of drug-likeness (QED) is 0.335. The van der Waals surface area contributed by atoms with Gasteiger partial charge < -0.3 is 5.11 Å². The van der Waals surface area contributed by atoms with E-state index in [4.69, 9.17) is 0 Å².